The first-order valence-corrected chi connectivity index (χ1v) is 4.42. The molecule has 84 valence electrons. The Hall–Kier alpha value is -2.37. The lowest BCUT2D eigenvalue weighted by atomic mass is 10.3. The third-order valence-electron chi connectivity index (χ3n) is 1.73. The molecule has 16 heavy (non-hydrogen) atoms. The lowest BCUT2D eigenvalue weighted by molar-refractivity contribution is -0.131. The number of nitrogens with zero attached hydrogens (tertiary/aromatic N) is 3. The van der Waals surface area contributed by atoms with Gasteiger partial charge in [0.05, 0.1) is 11.8 Å². The fourth-order valence-electron chi connectivity index (χ4n) is 0.924. The molecule has 6 heteroatoms. The summed E-state index contributed by atoms with van der Waals surface area (Å²) in [5.41, 5.74) is -0.147. The first-order chi connectivity index (χ1) is 7.56. The number of rotatable bonds is 4. The molecule has 0 saturated heterocycles. The van der Waals surface area contributed by atoms with E-state index in [4.69, 9.17) is 5.11 Å². The molecular formula is C10H11N3O3. The average molecular weight is 221 g/mol. The van der Waals surface area contributed by atoms with Crippen LogP contribution in [0.5, 0.6) is 5.88 Å². The van der Waals surface area contributed by atoms with Gasteiger partial charge in [-0.15, -0.1) is 0 Å². The lowest BCUT2D eigenvalue weighted by Crippen LogP contribution is -2.01. The van der Waals surface area contributed by atoms with Crippen molar-refractivity contribution in [2.75, 3.05) is 0 Å². The highest BCUT2D eigenvalue weighted by molar-refractivity contribution is 6.08. The Morgan fingerprint density at radius 1 is 1.69 bits per heavy atom. The number of aliphatic carboxylic acids is 1. The zero-order valence-electron chi connectivity index (χ0n) is 8.66. The largest absolute Gasteiger partial charge is 0.493 e. The summed E-state index contributed by atoms with van der Waals surface area (Å²) < 4.78 is 1.17. The Morgan fingerprint density at radius 3 is 2.81 bits per heavy atom. The summed E-state index contributed by atoms with van der Waals surface area (Å²) in [5.74, 6) is -0.917. The first kappa shape index (κ1) is 11.7. The van der Waals surface area contributed by atoms with Crippen molar-refractivity contribution in [3.05, 3.63) is 30.5 Å². The Balaban J connectivity index is 2.91. The summed E-state index contributed by atoms with van der Waals surface area (Å²) in [7, 11) is 0. The number of carbonyl (C=O) groups is 1. The van der Waals surface area contributed by atoms with Crippen molar-refractivity contribution < 1.29 is 15.0 Å². The Labute approximate surface area is 91.9 Å². The number of carboxylic acid groups (broad SMARTS) is 1. The van der Waals surface area contributed by atoms with Crippen molar-refractivity contribution >= 4 is 18.0 Å². The van der Waals surface area contributed by atoms with Gasteiger partial charge in [0.25, 0.3) is 0 Å². The van der Waals surface area contributed by atoms with E-state index in [1.165, 1.54) is 16.9 Å². The molecule has 0 aliphatic rings. The van der Waals surface area contributed by atoms with Crippen LogP contribution < -0.4 is 0 Å². The predicted molar refractivity (Wildman–Crippen MR) is 59.1 cm³/mol. The van der Waals surface area contributed by atoms with E-state index >= 15 is 0 Å². The second kappa shape index (κ2) is 4.92. The van der Waals surface area contributed by atoms with Gasteiger partial charge in [-0.3, -0.25) is 0 Å². The Morgan fingerprint density at radius 2 is 2.38 bits per heavy atom. The van der Waals surface area contributed by atoms with Gasteiger partial charge in [0.2, 0.25) is 5.88 Å². The van der Waals surface area contributed by atoms with Crippen molar-refractivity contribution in [1.29, 1.82) is 0 Å². The van der Waals surface area contributed by atoms with Gasteiger partial charge in [-0.05, 0) is 13.0 Å². The maximum Gasteiger partial charge on any atom is 0.336 e. The van der Waals surface area contributed by atoms with Crippen LogP contribution in [0.15, 0.2) is 35.5 Å². The van der Waals surface area contributed by atoms with Gasteiger partial charge in [-0.25, -0.2) is 9.79 Å². The van der Waals surface area contributed by atoms with E-state index in [0.29, 0.717) is 5.82 Å². The molecule has 0 atom stereocenters. The van der Waals surface area contributed by atoms with Crippen LogP contribution in [0.2, 0.25) is 0 Å². The van der Waals surface area contributed by atoms with Crippen LogP contribution in [-0.2, 0) is 4.79 Å². The summed E-state index contributed by atoms with van der Waals surface area (Å²) in [5, 5.41) is 21.8. The average Bonchev–Trinajstić information content (AvgIpc) is 2.65. The van der Waals surface area contributed by atoms with E-state index in [-0.39, 0.29) is 11.5 Å². The summed E-state index contributed by atoms with van der Waals surface area (Å²) in [6.45, 7) is 4.99. The van der Waals surface area contributed by atoms with Gasteiger partial charge in [-0.2, -0.15) is 9.78 Å². The quantitative estimate of drug-likeness (QED) is 0.589. The Bertz CT molecular complexity index is 471. The maximum absolute atomic E-state index is 10.5. The highest BCUT2D eigenvalue weighted by atomic mass is 16.4. The van der Waals surface area contributed by atoms with Crippen molar-refractivity contribution in [3.8, 4) is 5.88 Å². The molecule has 2 N–H and O–H groups in total. The van der Waals surface area contributed by atoms with E-state index < -0.39 is 5.97 Å². The molecule has 0 radical (unpaired) electrons. The highest BCUT2D eigenvalue weighted by Crippen LogP contribution is 2.14. The number of hydrogen-bond donors (Lipinski definition) is 2. The Kier molecular flexibility index (Phi) is 3.60. The molecule has 0 fully saturated rings. The van der Waals surface area contributed by atoms with E-state index in [2.05, 4.69) is 16.7 Å². The number of allylic oxidation sites excluding steroid dienone is 1. The topological polar surface area (TPSA) is 87.7 Å². The molecule has 6 nitrogen and oxygen atoms in total. The molecule has 0 amide bonds. The molecular weight excluding hydrogens is 210 g/mol. The van der Waals surface area contributed by atoms with Crippen LogP contribution >= 0.6 is 0 Å². The molecule has 0 unspecified atom stereocenters. The number of aliphatic imine (C=N–C) groups is 1. The van der Waals surface area contributed by atoms with Gasteiger partial charge in [0.15, 0.2) is 5.82 Å². The zero-order valence-corrected chi connectivity index (χ0v) is 8.66. The van der Waals surface area contributed by atoms with E-state index in [9.17, 15) is 9.90 Å². The smallest absolute Gasteiger partial charge is 0.336 e. The first-order valence-electron chi connectivity index (χ1n) is 4.42. The molecule has 1 rings (SSSR count). The lowest BCUT2D eigenvalue weighted by Gasteiger charge is -2.01. The fraction of sp³-hybridized carbons (Fsp3) is 0.100. The SMILES string of the molecule is C=C(/C=N\C(=C/C)n1nccc1O)C(=O)O. The zero-order chi connectivity index (χ0) is 12.1. The van der Waals surface area contributed by atoms with Gasteiger partial charge in [0.1, 0.15) is 0 Å². The van der Waals surface area contributed by atoms with Crippen molar-refractivity contribution in [1.82, 2.24) is 9.78 Å². The van der Waals surface area contributed by atoms with Gasteiger partial charge in [-0.1, -0.05) is 6.58 Å². The monoisotopic (exact) mass is 221 g/mol. The third kappa shape index (κ3) is 2.57. The van der Waals surface area contributed by atoms with Crippen LogP contribution in [0.4, 0.5) is 0 Å². The van der Waals surface area contributed by atoms with E-state index in [0.717, 1.165) is 6.21 Å². The normalized spacial score (nSPS) is 11.9. The van der Waals surface area contributed by atoms with Crippen LogP contribution in [0.3, 0.4) is 0 Å². The van der Waals surface area contributed by atoms with Crippen LogP contribution in [0.1, 0.15) is 6.92 Å². The third-order valence-corrected chi connectivity index (χ3v) is 1.73. The number of carboxylic acids is 1. The summed E-state index contributed by atoms with van der Waals surface area (Å²) >= 11 is 0. The van der Waals surface area contributed by atoms with Crippen LogP contribution in [0.25, 0.3) is 5.82 Å². The standard InChI is InChI=1S/C10H11N3O3/c1-3-8(11-6-7(2)10(15)16)13-9(14)4-5-12-13/h3-6,14H,2H2,1H3,(H,15,16)/b8-3+,11-6-. The van der Waals surface area contributed by atoms with Crippen LogP contribution in [0, 0.1) is 0 Å². The molecule has 0 aliphatic heterocycles. The van der Waals surface area contributed by atoms with Gasteiger partial charge < -0.3 is 10.2 Å². The number of aromatic nitrogens is 2. The molecule has 1 aromatic heterocycles. The second-order valence-electron chi connectivity index (χ2n) is 2.84. The van der Waals surface area contributed by atoms with Gasteiger partial charge >= 0.3 is 5.97 Å². The van der Waals surface area contributed by atoms with Crippen molar-refractivity contribution in [2.45, 2.75) is 6.92 Å². The highest BCUT2D eigenvalue weighted by Gasteiger charge is 2.04. The minimum absolute atomic E-state index is 0.0776. The van der Waals surface area contributed by atoms with Crippen molar-refractivity contribution in [3.63, 3.8) is 0 Å². The van der Waals surface area contributed by atoms with E-state index in [1.807, 2.05) is 0 Å². The fourth-order valence-corrected chi connectivity index (χ4v) is 0.924. The molecule has 0 bridgehead atoms. The molecule has 0 saturated carbocycles. The second-order valence-corrected chi connectivity index (χ2v) is 2.84. The molecule has 1 aromatic rings. The molecule has 0 spiro atoms. The number of aromatic hydroxyl groups is 1. The summed E-state index contributed by atoms with van der Waals surface area (Å²) in [4.78, 5) is 14.3. The molecule has 1 heterocycles. The molecule has 0 aliphatic carbocycles. The predicted octanol–water partition coefficient (Wildman–Crippen LogP) is 1.12. The summed E-state index contributed by atoms with van der Waals surface area (Å²) in [6.07, 6.45) is 4.08. The van der Waals surface area contributed by atoms with Gasteiger partial charge in [0, 0.05) is 12.3 Å². The maximum atomic E-state index is 10.5. The van der Waals surface area contributed by atoms with Crippen LogP contribution in [-0.4, -0.2) is 32.2 Å². The van der Waals surface area contributed by atoms with E-state index in [1.54, 1.807) is 13.0 Å². The molecule has 0 aromatic carbocycles. The van der Waals surface area contributed by atoms with Crippen molar-refractivity contribution in [2.24, 2.45) is 4.99 Å². The minimum atomic E-state index is -1.15. The number of hydrogen-bond acceptors (Lipinski definition) is 4. The summed E-state index contributed by atoms with van der Waals surface area (Å²) in [6, 6.07) is 1.39. The minimum Gasteiger partial charge on any atom is -0.493 e.